The van der Waals surface area contributed by atoms with Gasteiger partial charge in [-0.1, -0.05) is 28.7 Å². The highest BCUT2D eigenvalue weighted by atomic mass is 127. The van der Waals surface area contributed by atoms with Crippen LogP contribution in [-0.4, -0.2) is 67.9 Å². The molecule has 1 amide bonds. The third-order valence-corrected chi connectivity index (χ3v) is 8.92. The highest BCUT2D eigenvalue weighted by Crippen LogP contribution is 2.34. The number of halogens is 4. The Bertz CT molecular complexity index is 1400. The van der Waals surface area contributed by atoms with Crippen LogP contribution in [0.2, 0.25) is 0 Å². The molecule has 1 aromatic carbocycles. The first-order chi connectivity index (χ1) is 19.1. The van der Waals surface area contributed by atoms with Gasteiger partial charge >= 0.3 is 6.18 Å². The van der Waals surface area contributed by atoms with Crippen molar-refractivity contribution in [2.45, 2.75) is 49.5 Å². The molecule has 1 aromatic heterocycles. The molecule has 2 saturated heterocycles. The topological polar surface area (TPSA) is 109 Å². The van der Waals surface area contributed by atoms with Gasteiger partial charge in [-0.25, -0.2) is 5.84 Å². The maximum atomic E-state index is 13.4. The van der Waals surface area contributed by atoms with Crippen LogP contribution in [0.15, 0.2) is 54.0 Å². The number of allylic oxidation sites excluding steroid dienone is 2. The van der Waals surface area contributed by atoms with Gasteiger partial charge in [0.1, 0.15) is 0 Å². The van der Waals surface area contributed by atoms with E-state index < -0.39 is 17.7 Å². The molecule has 9 nitrogen and oxygen atoms in total. The number of alkyl halides is 4. The second kappa shape index (κ2) is 12.2. The predicted octanol–water partition coefficient (Wildman–Crippen LogP) is 3.95. The SMILES string of the molecule is C/C(=C\C(=C/[C@H](I)N1CC2CC1CN2C)NC(=O)c1ccc(C)c(N(N)/C=C(\N)c2cnn(C)c2C)c1)C(F)(F)F. The smallest absolute Gasteiger partial charge is 0.397 e. The van der Waals surface area contributed by atoms with Crippen molar-refractivity contribution in [2.24, 2.45) is 18.6 Å². The molecule has 2 aromatic rings. The van der Waals surface area contributed by atoms with E-state index in [-0.39, 0.29) is 15.3 Å². The summed E-state index contributed by atoms with van der Waals surface area (Å²) in [6, 6.07) is 5.68. The lowest BCUT2D eigenvalue weighted by Gasteiger charge is -2.34. The number of hydrazine groups is 1. The normalized spacial score (nSPS) is 21.5. The fourth-order valence-corrected chi connectivity index (χ4v) is 6.26. The average molecular weight is 685 g/mol. The number of rotatable bonds is 8. The molecule has 41 heavy (non-hydrogen) atoms. The fraction of sp³-hybridized carbons (Fsp3) is 0.429. The number of likely N-dealkylation sites (tertiary alicyclic amines) is 2. The highest BCUT2D eigenvalue weighted by Gasteiger charge is 2.43. The van der Waals surface area contributed by atoms with E-state index in [4.69, 9.17) is 11.6 Å². The lowest BCUT2D eigenvalue weighted by atomic mass is 10.1. The number of hydrogen-bond donors (Lipinski definition) is 3. The molecule has 2 unspecified atom stereocenters. The number of aromatic nitrogens is 2. The van der Waals surface area contributed by atoms with Crippen molar-refractivity contribution in [3.63, 3.8) is 0 Å². The summed E-state index contributed by atoms with van der Waals surface area (Å²) in [5, 5.41) is 8.21. The number of carbonyl (C=O) groups is 1. The Morgan fingerprint density at radius 3 is 2.51 bits per heavy atom. The molecule has 4 rings (SSSR count). The number of fused-ring (bicyclic) bond motifs is 2. The summed E-state index contributed by atoms with van der Waals surface area (Å²) in [7, 11) is 3.89. The monoisotopic (exact) mass is 684 g/mol. The van der Waals surface area contributed by atoms with Crippen molar-refractivity contribution in [1.82, 2.24) is 24.9 Å². The number of carbonyl (C=O) groups excluding carboxylic acids is 1. The average Bonchev–Trinajstić information content (AvgIpc) is 3.57. The van der Waals surface area contributed by atoms with Crippen LogP contribution in [-0.2, 0) is 7.05 Å². The van der Waals surface area contributed by atoms with Crippen LogP contribution in [0.25, 0.3) is 5.70 Å². The number of nitrogens with zero attached hydrogens (tertiary/aromatic N) is 5. The van der Waals surface area contributed by atoms with Crippen LogP contribution in [0.3, 0.4) is 0 Å². The Hall–Kier alpha value is -2.88. The zero-order valence-electron chi connectivity index (χ0n) is 23.7. The van der Waals surface area contributed by atoms with E-state index in [0.29, 0.717) is 23.5 Å². The summed E-state index contributed by atoms with van der Waals surface area (Å²) < 4.78 is 41.8. The number of hydrogen-bond acceptors (Lipinski definition) is 7. The lowest BCUT2D eigenvalue weighted by molar-refractivity contribution is -0.0913. The molecule has 0 radical (unpaired) electrons. The summed E-state index contributed by atoms with van der Waals surface area (Å²) in [6.07, 6.45) is 2.35. The first-order valence-corrected chi connectivity index (χ1v) is 14.4. The number of likely N-dealkylation sites (N-methyl/N-ethyl adjacent to an activating group) is 1. The van der Waals surface area contributed by atoms with Crippen molar-refractivity contribution in [2.75, 3.05) is 25.1 Å². The highest BCUT2D eigenvalue weighted by molar-refractivity contribution is 14.1. The predicted molar refractivity (Wildman–Crippen MR) is 163 cm³/mol. The van der Waals surface area contributed by atoms with Crippen LogP contribution < -0.4 is 21.9 Å². The summed E-state index contributed by atoms with van der Waals surface area (Å²) >= 11 is 2.21. The van der Waals surface area contributed by atoms with Crippen molar-refractivity contribution in [3.05, 3.63) is 76.4 Å². The fourth-order valence-electron chi connectivity index (χ4n) is 5.19. The molecule has 0 aliphatic carbocycles. The van der Waals surface area contributed by atoms with Crippen molar-refractivity contribution in [1.29, 1.82) is 0 Å². The van der Waals surface area contributed by atoms with E-state index in [1.165, 1.54) is 11.2 Å². The number of anilines is 1. The van der Waals surface area contributed by atoms with Gasteiger partial charge in [0, 0.05) is 66.5 Å². The second-order valence-electron chi connectivity index (χ2n) is 10.7. The first-order valence-electron chi connectivity index (χ1n) is 13.1. The molecule has 2 aliphatic heterocycles. The second-order valence-corrected chi connectivity index (χ2v) is 12.0. The molecule has 3 atom stereocenters. The standard InChI is InChI=1S/C28H36F3IN8O/c1-16-6-7-19(9-25(16)40(34)15-24(33)23-12-35-38(5)18(23)3)27(41)36-20(8-17(2)28(29,30)31)10-26(32)39-14-21-11-22(39)13-37(21)4/h6-10,12,15,21-22,26H,11,13-14,33-34H2,1-5H3,(H,36,41)/b17-8+,20-10+,24-15-/t21?,22?,26-/m1/s1. The van der Waals surface area contributed by atoms with Gasteiger partial charge in [0.15, 0.2) is 0 Å². The van der Waals surface area contributed by atoms with E-state index in [9.17, 15) is 18.0 Å². The van der Waals surface area contributed by atoms with E-state index in [2.05, 4.69) is 49.9 Å². The Kier molecular flexibility index (Phi) is 9.21. The number of nitrogens with one attached hydrogen (secondary N) is 1. The molecule has 5 N–H and O–H groups in total. The van der Waals surface area contributed by atoms with Crippen LogP contribution in [0.5, 0.6) is 0 Å². The van der Waals surface area contributed by atoms with Gasteiger partial charge in [-0.15, -0.1) is 0 Å². The minimum absolute atomic E-state index is 0.0864. The van der Waals surface area contributed by atoms with Gasteiger partial charge < -0.3 is 16.0 Å². The molecule has 0 saturated carbocycles. The lowest BCUT2D eigenvalue weighted by Crippen LogP contribution is -2.47. The summed E-state index contributed by atoms with van der Waals surface area (Å²) in [5.74, 6) is 5.76. The molecule has 3 heterocycles. The quantitative estimate of drug-likeness (QED) is 0.0966. The zero-order chi connectivity index (χ0) is 30.2. The number of nitrogens with two attached hydrogens (primary N) is 2. The minimum atomic E-state index is -4.52. The van der Waals surface area contributed by atoms with Gasteiger partial charge in [-0.2, -0.15) is 18.3 Å². The molecule has 13 heteroatoms. The number of benzene rings is 1. The van der Waals surface area contributed by atoms with E-state index in [1.54, 1.807) is 42.2 Å². The summed E-state index contributed by atoms with van der Waals surface area (Å²) in [6.45, 7) is 6.45. The van der Waals surface area contributed by atoms with E-state index in [0.717, 1.165) is 49.3 Å². The van der Waals surface area contributed by atoms with Crippen LogP contribution >= 0.6 is 22.6 Å². The molecule has 222 valence electrons. The Balaban J connectivity index is 1.58. The van der Waals surface area contributed by atoms with Crippen molar-refractivity contribution < 1.29 is 18.0 Å². The van der Waals surface area contributed by atoms with Crippen molar-refractivity contribution in [3.8, 4) is 0 Å². The van der Waals surface area contributed by atoms with Crippen LogP contribution in [0.4, 0.5) is 18.9 Å². The largest absolute Gasteiger partial charge is 0.412 e. The Morgan fingerprint density at radius 1 is 1.24 bits per heavy atom. The molecule has 2 fully saturated rings. The van der Waals surface area contributed by atoms with Gasteiger partial charge in [-0.3, -0.25) is 19.4 Å². The maximum Gasteiger partial charge on any atom is 0.412 e. The molecule has 2 aliphatic rings. The number of piperazine rings is 1. The molecule has 2 bridgehead atoms. The molecular weight excluding hydrogens is 648 g/mol. The Labute approximate surface area is 251 Å². The van der Waals surface area contributed by atoms with Gasteiger partial charge in [0.05, 0.1) is 21.6 Å². The summed E-state index contributed by atoms with van der Waals surface area (Å²) in [5.41, 5.74) is 9.05. The third-order valence-electron chi connectivity index (χ3n) is 7.84. The Morgan fingerprint density at radius 2 is 1.95 bits per heavy atom. The number of aryl methyl sites for hydroxylation is 2. The summed E-state index contributed by atoms with van der Waals surface area (Å²) in [4.78, 5) is 17.9. The van der Waals surface area contributed by atoms with Gasteiger partial charge in [-0.05, 0) is 64.1 Å². The van der Waals surface area contributed by atoms with E-state index in [1.807, 2.05) is 13.8 Å². The maximum absolute atomic E-state index is 13.4. The van der Waals surface area contributed by atoms with Crippen LogP contribution in [0, 0.1) is 13.8 Å². The molecule has 0 spiro atoms. The zero-order valence-corrected chi connectivity index (χ0v) is 25.9. The van der Waals surface area contributed by atoms with E-state index >= 15 is 0 Å². The first kappa shape index (κ1) is 31.1. The van der Waals surface area contributed by atoms with Gasteiger partial charge in [0.2, 0.25) is 0 Å². The van der Waals surface area contributed by atoms with Gasteiger partial charge in [0.25, 0.3) is 5.91 Å². The number of amides is 1. The van der Waals surface area contributed by atoms with Crippen molar-refractivity contribution >= 4 is 39.9 Å². The molecular formula is C28H36F3IN8O. The van der Waals surface area contributed by atoms with Crippen LogP contribution in [0.1, 0.15) is 40.5 Å². The minimum Gasteiger partial charge on any atom is -0.397 e. The third kappa shape index (κ3) is 6.96.